The Morgan fingerprint density at radius 3 is 2.77 bits per heavy atom. The van der Waals surface area contributed by atoms with E-state index in [-0.39, 0.29) is 36.6 Å². The smallest absolute Gasteiger partial charge is 0.323 e. The minimum Gasteiger partial charge on any atom is -0.395 e. The number of rotatable bonds is 5. The number of aliphatic hydroxyl groups is 1. The van der Waals surface area contributed by atoms with Crippen LogP contribution < -0.4 is 11.0 Å². The van der Waals surface area contributed by atoms with Crippen molar-refractivity contribution in [2.24, 2.45) is 11.3 Å². The van der Waals surface area contributed by atoms with Gasteiger partial charge in [-0.05, 0) is 31.6 Å². The van der Waals surface area contributed by atoms with E-state index >= 15 is 0 Å². The van der Waals surface area contributed by atoms with Gasteiger partial charge in [0.25, 0.3) is 5.91 Å². The van der Waals surface area contributed by atoms with Crippen molar-refractivity contribution in [3.05, 3.63) is 22.4 Å². The van der Waals surface area contributed by atoms with Gasteiger partial charge in [0.1, 0.15) is 5.69 Å². The van der Waals surface area contributed by atoms with Crippen LogP contribution >= 0.6 is 0 Å². The third-order valence-electron chi connectivity index (χ3n) is 7.01. The van der Waals surface area contributed by atoms with Gasteiger partial charge in [-0.25, -0.2) is 4.79 Å². The summed E-state index contributed by atoms with van der Waals surface area (Å²) in [6.07, 6.45) is 4.64. The van der Waals surface area contributed by atoms with Gasteiger partial charge in [0.2, 0.25) is 5.91 Å². The lowest BCUT2D eigenvalue weighted by Crippen LogP contribution is -2.61. The van der Waals surface area contributed by atoms with Gasteiger partial charge in [0, 0.05) is 45.0 Å². The van der Waals surface area contributed by atoms with Crippen molar-refractivity contribution < 1.29 is 19.4 Å². The summed E-state index contributed by atoms with van der Waals surface area (Å²) in [5.74, 6) is -0.175. The molecule has 4 rings (SSSR count). The van der Waals surface area contributed by atoms with Crippen molar-refractivity contribution >= 4 is 11.8 Å². The number of nitrogens with one attached hydrogen (secondary N) is 3. The monoisotopic (exact) mass is 421 g/mol. The molecular formula is C20H31N5O5. The zero-order valence-corrected chi connectivity index (χ0v) is 17.2. The van der Waals surface area contributed by atoms with Crippen LogP contribution in [-0.2, 0) is 9.53 Å². The number of H-pyrrole nitrogens is 2. The minimum absolute atomic E-state index is 0.0814. The first kappa shape index (κ1) is 21.1. The fraction of sp³-hybridized carbons (Fsp3) is 0.750. The van der Waals surface area contributed by atoms with Crippen LogP contribution in [-0.4, -0.2) is 95.3 Å². The number of carbonyl (C=O) groups is 2. The molecule has 0 aromatic carbocycles. The molecule has 0 radical (unpaired) electrons. The number of amides is 2. The second-order valence-electron chi connectivity index (χ2n) is 8.58. The standard InChI is InChI=1S/C20H31N5O5/c26-8-4-21-18(28)20-3-1-15(24-6-9-30-10-7-24)11-14(20)2-5-25(13-20)17(27)16-12-22-19(29)23-16/h12,14-15,26H,1-11,13H2,(H,21,28)(H2,22,23,29)/t14-,15-,20-/m1/s1. The highest BCUT2D eigenvalue weighted by molar-refractivity contribution is 5.93. The van der Waals surface area contributed by atoms with Crippen molar-refractivity contribution in [2.75, 3.05) is 52.5 Å². The number of carbonyl (C=O) groups excluding carboxylic acids is 2. The Labute approximate surface area is 175 Å². The highest BCUT2D eigenvalue weighted by atomic mass is 16.5. The van der Waals surface area contributed by atoms with Crippen LogP contribution in [0.1, 0.15) is 36.2 Å². The van der Waals surface area contributed by atoms with Gasteiger partial charge in [-0.1, -0.05) is 0 Å². The molecule has 10 heteroatoms. The number of likely N-dealkylation sites (tertiary alicyclic amines) is 1. The van der Waals surface area contributed by atoms with Crippen LogP contribution in [0.15, 0.2) is 11.0 Å². The molecule has 30 heavy (non-hydrogen) atoms. The minimum atomic E-state index is -0.664. The van der Waals surface area contributed by atoms with Crippen LogP contribution in [0.25, 0.3) is 0 Å². The second kappa shape index (κ2) is 8.91. The molecular weight excluding hydrogens is 390 g/mol. The maximum atomic E-state index is 13.2. The van der Waals surface area contributed by atoms with E-state index in [1.54, 1.807) is 4.90 Å². The zero-order valence-electron chi connectivity index (χ0n) is 17.2. The van der Waals surface area contributed by atoms with Crippen molar-refractivity contribution in [3.8, 4) is 0 Å². The Balaban J connectivity index is 1.53. The average Bonchev–Trinajstić information content (AvgIpc) is 3.22. The van der Waals surface area contributed by atoms with Gasteiger partial charge in [0.05, 0.1) is 25.2 Å². The Bertz CT molecular complexity index is 817. The van der Waals surface area contributed by atoms with E-state index < -0.39 is 11.1 Å². The van der Waals surface area contributed by atoms with Crippen molar-refractivity contribution in [3.63, 3.8) is 0 Å². The SMILES string of the molecule is O=C(c1c[nH]c(=O)[nH]1)N1CC[C@@H]2C[C@H](N3CCOCC3)CC[C@@]2(C(=O)NCCO)C1. The number of piperidine rings is 1. The van der Waals surface area contributed by atoms with E-state index in [1.165, 1.54) is 6.20 Å². The van der Waals surface area contributed by atoms with Crippen molar-refractivity contribution in [2.45, 2.75) is 31.7 Å². The summed E-state index contributed by atoms with van der Waals surface area (Å²) in [7, 11) is 0. The van der Waals surface area contributed by atoms with E-state index in [2.05, 4.69) is 20.2 Å². The molecule has 3 fully saturated rings. The molecule has 4 N–H and O–H groups in total. The van der Waals surface area contributed by atoms with Crippen LogP contribution in [0.5, 0.6) is 0 Å². The molecule has 1 aromatic rings. The summed E-state index contributed by atoms with van der Waals surface area (Å²) >= 11 is 0. The Morgan fingerprint density at radius 1 is 1.27 bits per heavy atom. The van der Waals surface area contributed by atoms with E-state index in [1.807, 2.05) is 0 Å². The summed E-state index contributed by atoms with van der Waals surface area (Å²) in [5, 5.41) is 12.0. The Kier molecular flexibility index (Phi) is 6.26. The number of morpholine rings is 1. The van der Waals surface area contributed by atoms with E-state index in [0.29, 0.717) is 25.6 Å². The maximum Gasteiger partial charge on any atom is 0.323 e. The van der Waals surface area contributed by atoms with Gasteiger partial charge in [-0.3, -0.25) is 14.5 Å². The number of ether oxygens (including phenoxy) is 1. The van der Waals surface area contributed by atoms with Crippen LogP contribution in [0.3, 0.4) is 0 Å². The number of aliphatic hydroxyl groups excluding tert-OH is 1. The van der Waals surface area contributed by atoms with Crippen LogP contribution in [0, 0.1) is 11.3 Å². The molecule has 1 saturated carbocycles. The van der Waals surface area contributed by atoms with Gasteiger partial charge in [-0.2, -0.15) is 0 Å². The lowest BCUT2D eigenvalue weighted by Gasteiger charge is -2.53. The van der Waals surface area contributed by atoms with Crippen molar-refractivity contribution in [1.29, 1.82) is 0 Å². The molecule has 3 atom stereocenters. The lowest BCUT2D eigenvalue weighted by atomic mass is 9.60. The van der Waals surface area contributed by atoms with Crippen molar-refractivity contribution in [1.82, 2.24) is 25.1 Å². The van der Waals surface area contributed by atoms with Gasteiger partial charge < -0.3 is 30.0 Å². The third kappa shape index (κ3) is 4.03. The van der Waals surface area contributed by atoms with E-state index in [4.69, 9.17) is 4.74 Å². The summed E-state index contributed by atoms with van der Waals surface area (Å²) < 4.78 is 5.48. The molecule has 1 aliphatic carbocycles. The van der Waals surface area contributed by atoms with Crippen LogP contribution in [0.4, 0.5) is 0 Å². The fourth-order valence-electron chi connectivity index (χ4n) is 5.42. The predicted molar refractivity (Wildman–Crippen MR) is 108 cm³/mol. The molecule has 10 nitrogen and oxygen atoms in total. The number of hydrogen-bond donors (Lipinski definition) is 4. The Morgan fingerprint density at radius 2 is 2.07 bits per heavy atom. The third-order valence-corrected chi connectivity index (χ3v) is 7.01. The summed E-state index contributed by atoms with van der Waals surface area (Å²) in [6, 6.07) is 0.431. The molecule has 166 valence electrons. The normalized spacial score (nSPS) is 30.0. The average molecular weight is 421 g/mol. The fourth-order valence-corrected chi connectivity index (χ4v) is 5.42. The van der Waals surface area contributed by atoms with Gasteiger partial charge >= 0.3 is 5.69 Å². The number of imidazole rings is 1. The predicted octanol–water partition coefficient (Wildman–Crippen LogP) is -0.855. The molecule has 0 bridgehead atoms. The first-order chi connectivity index (χ1) is 14.5. The van der Waals surface area contributed by atoms with Gasteiger partial charge in [-0.15, -0.1) is 0 Å². The Hall–Kier alpha value is -2.17. The van der Waals surface area contributed by atoms with E-state index in [9.17, 15) is 19.5 Å². The number of hydrogen-bond acceptors (Lipinski definition) is 6. The highest BCUT2D eigenvalue weighted by Gasteiger charge is 2.53. The largest absolute Gasteiger partial charge is 0.395 e. The summed E-state index contributed by atoms with van der Waals surface area (Å²) in [4.78, 5) is 46.7. The summed E-state index contributed by atoms with van der Waals surface area (Å²) in [5.41, 5.74) is -0.872. The molecule has 2 aliphatic heterocycles. The maximum absolute atomic E-state index is 13.2. The lowest BCUT2D eigenvalue weighted by molar-refractivity contribution is -0.143. The number of nitrogens with zero attached hydrogens (tertiary/aromatic N) is 2. The highest BCUT2D eigenvalue weighted by Crippen LogP contribution is 2.48. The molecule has 0 spiro atoms. The number of fused-ring (bicyclic) bond motifs is 1. The number of aromatic amines is 2. The second-order valence-corrected chi connectivity index (χ2v) is 8.58. The number of aromatic nitrogens is 2. The molecule has 2 saturated heterocycles. The first-order valence-electron chi connectivity index (χ1n) is 10.8. The molecule has 3 aliphatic rings. The topological polar surface area (TPSA) is 131 Å². The molecule has 0 unspecified atom stereocenters. The first-order valence-corrected chi connectivity index (χ1v) is 10.8. The zero-order chi connectivity index (χ0) is 21.1. The molecule has 1 aromatic heterocycles. The quantitative estimate of drug-likeness (QED) is 0.490. The van der Waals surface area contributed by atoms with Gasteiger partial charge in [0.15, 0.2) is 0 Å². The van der Waals surface area contributed by atoms with E-state index in [0.717, 1.165) is 45.6 Å². The summed E-state index contributed by atoms with van der Waals surface area (Å²) in [6.45, 7) is 4.33. The molecule has 3 heterocycles. The molecule has 2 amide bonds. The van der Waals surface area contributed by atoms with Crippen LogP contribution in [0.2, 0.25) is 0 Å².